The molecule has 0 aliphatic heterocycles. The number of methoxy groups -OCH3 is 1. The average molecular weight is 404 g/mol. The van der Waals surface area contributed by atoms with E-state index in [1.165, 1.54) is 24.3 Å². The van der Waals surface area contributed by atoms with Crippen LogP contribution in [0.1, 0.15) is 15.9 Å². The molecule has 0 fully saturated rings. The summed E-state index contributed by atoms with van der Waals surface area (Å²) in [6.45, 7) is 0.539. The number of hydrogen-bond donors (Lipinski definition) is 1. The number of benzene rings is 2. The molecule has 0 atom stereocenters. The van der Waals surface area contributed by atoms with Gasteiger partial charge >= 0.3 is 0 Å². The van der Waals surface area contributed by atoms with Gasteiger partial charge in [0.05, 0.1) is 13.7 Å². The first-order chi connectivity index (χ1) is 12.0. The number of nitrogens with zero attached hydrogens (tertiary/aromatic N) is 2. The van der Waals surface area contributed by atoms with E-state index >= 15 is 0 Å². The Bertz CT molecular complexity index is 876. The van der Waals surface area contributed by atoms with Crippen LogP contribution in [0.5, 0.6) is 5.75 Å². The molecule has 3 rings (SSSR count). The number of nitrogens with one attached hydrogen (secondary N) is 1. The number of carbonyl (C=O) groups is 1. The predicted molar refractivity (Wildman–Crippen MR) is 96.4 cm³/mol. The Morgan fingerprint density at radius 2 is 1.88 bits per heavy atom. The van der Waals surface area contributed by atoms with E-state index in [-0.39, 0.29) is 11.7 Å². The average Bonchev–Trinajstić information content (AvgIpc) is 2.95. The van der Waals surface area contributed by atoms with Crippen molar-refractivity contribution in [3.8, 4) is 5.75 Å². The van der Waals surface area contributed by atoms with E-state index in [2.05, 4.69) is 26.3 Å². The maximum atomic E-state index is 12.9. The Hall–Kier alpha value is -2.67. The molecule has 0 bridgehead atoms. The van der Waals surface area contributed by atoms with Crippen molar-refractivity contribution in [1.82, 2.24) is 9.78 Å². The molecule has 1 heterocycles. The van der Waals surface area contributed by atoms with E-state index in [1.807, 2.05) is 24.3 Å². The van der Waals surface area contributed by atoms with Crippen molar-refractivity contribution in [2.45, 2.75) is 6.54 Å². The summed E-state index contributed by atoms with van der Waals surface area (Å²) in [7, 11) is 1.62. The number of ether oxygens (including phenoxy) is 1. The molecule has 0 aliphatic rings. The van der Waals surface area contributed by atoms with Gasteiger partial charge < -0.3 is 10.1 Å². The summed E-state index contributed by atoms with van der Waals surface area (Å²) in [5.74, 6) is 0.468. The van der Waals surface area contributed by atoms with Crippen molar-refractivity contribution in [3.63, 3.8) is 0 Å². The van der Waals surface area contributed by atoms with Crippen LogP contribution in [-0.2, 0) is 6.54 Å². The number of amides is 1. The van der Waals surface area contributed by atoms with Crippen LogP contribution < -0.4 is 10.1 Å². The van der Waals surface area contributed by atoms with Crippen LogP contribution in [0.25, 0.3) is 0 Å². The van der Waals surface area contributed by atoms with Gasteiger partial charge in [0.1, 0.15) is 16.2 Å². The van der Waals surface area contributed by atoms with Crippen molar-refractivity contribution in [2.75, 3.05) is 12.4 Å². The minimum absolute atomic E-state index is 0.346. The highest BCUT2D eigenvalue weighted by Gasteiger charge is 2.11. The van der Waals surface area contributed by atoms with Gasteiger partial charge in [0.2, 0.25) is 0 Å². The van der Waals surface area contributed by atoms with Gasteiger partial charge in [0.25, 0.3) is 5.91 Å². The van der Waals surface area contributed by atoms with Crippen LogP contribution in [0.15, 0.2) is 59.2 Å². The van der Waals surface area contributed by atoms with E-state index in [0.717, 1.165) is 15.9 Å². The summed E-state index contributed by atoms with van der Waals surface area (Å²) in [6, 6.07) is 14.7. The lowest BCUT2D eigenvalue weighted by Gasteiger charge is -2.05. The van der Waals surface area contributed by atoms with Gasteiger partial charge in [-0.15, -0.1) is 0 Å². The Morgan fingerprint density at radius 1 is 1.20 bits per heavy atom. The van der Waals surface area contributed by atoms with Gasteiger partial charge in [-0.1, -0.05) is 12.1 Å². The van der Waals surface area contributed by atoms with Crippen molar-refractivity contribution >= 4 is 27.7 Å². The third-order valence-corrected chi connectivity index (χ3v) is 4.21. The molecule has 0 saturated heterocycles. The molecular formula is C18H15BrFN3O2. The first-order valence-corrected chi connectivity index (χ1v) is 8.27. The van der Waals surface area contributed by atoms with Crippen LogP contribution in [-0.4, -0.2) is 22.8 Å². The van der Waals surface area contributed by atoms with Crippen molar-refractivity contribution in [2.24, 2.45) is 0 Å². The molecule has 0 aliphatic carbocycles. The molecule has 128 valence electrons. The second-order valence-corrected chi connectivity index (χ2v) is 6.13. The zero-order valence-corrected chi connectivity index (χ0v) is 15.0. The summed E-state index contributed by atoms with van der Waals surface area (Å²) in [5.41, 5.74) is 1.41. The Balaban J connectivity index is 1.71. The Labute approximate surface area is 152 Å². The second-order valence-electron chi connectivity index (χ2n) is 5.32. The fourth-order valence-corrected chi connectivity index (χ4v) is 2.68. The molecule has 25 heavy (non-hydrogen) atoms. The molecular weight excluding hydrogens is 389 g/mol. The summed E-state index contributed by atoms with van der Waals surface area (Å²) in [5, 5.41) is 7.06. The fourth-order valence-electron chi connectivity index (χ4n) is 2.26. The highest BCUT2D eigenvalue weighted by Crippen LogP contribution is 2.19. The molecule has 0 saturated carbocycles. The van der Waals surface area contributed by atoms with Crippen LogP contribution in [0, 0.1) is 5.82 Å². The van der Waals surface area contributed by atoms with E-state index in [4.69, 9.17) is 4.74 Å². The van der Waals surface area contributed by atoms with E-state index in [9.17, 15) is 9.18 Å². The monoisotopic (exact) mass is 403 g/mol. The molecule has 7 heteroatoms. The molecule has 5 nitrogen and oxygen atoms in total. The summed E-state index contributed by atoms with van der Waals surface area (Å²) >= 11 is 3.43. The van der Waals surface area contributed by atoms with Crippen LogP contribution in [0.3, 0.4) is 0 Å². The number of aromatic nitrogens is 2. The van der Waals surface area contributed by atoms with E-state index in [1.54, 1.807) is 17.9 Å². The number of rotatable bonds is 5. The Morgan fingerprint density at radius 3 is 2.52 bits per heavy atom. The van der Waals surface area contributed by atoms with Crippen molar-refractivity contribution in [1.29, 1.82) is 0 Å². The lowest BCUT2D eigenvalue weighted by Crippen LogP contribution is -2.12. The second kappa shape index (κ2) is 7.48. The maximum Gasteiger partial charge on any atom is 0.256 e. The molecule has 0 unspecified atom stereocenters. The molecule has 3 aromatic rings. The minimum Gasteiger partial charge on any atom is -0.497 e. The SMILES string of the molecule is COc1ccc(Cn2nc(NC(=O)c3ccc(F)cc3)cc2Br)cc1. The molecule has 1 amide bonds. The quantitative estimate of drug-likeness (QED) is 0.697. The van der Waals surface area contributed by atoms with Gasteiger partial charge in [0.15, 0.2) is 5.82 Å². The lowest BCUT2D eigenvalue weighted by atomic mass is 10.2. The fraction of sp³-hybridized carbons (Fsp3) is 0.111. The normalized spacial score (nSPS) is 10.5. The smallest absolute Gasteiger partial charge is 0.256 e. The third-order valence-electron chi connectivity index (χ3n) is 3.57. The molecule has 1 aromatic heterocycles. The molecule has 0 spiro atoms. The first kappa shape index (κ1) is 17.2. The molecule has 0 radical (unpaired) electrons. The molecule has 1 N–H and O–H groups in total. The van der Waals surface area contributed by atoms with Gasteiger partial charge in [-0.25, -0.2) is 4.39 Å². The zero-order valence-electron chi connectivity index (χ0n) is 13.4. The topological polar surface area (TPSA) is 56.1 Å². The zero-order chi connectivity index (χ0) is 17.8. The number of halogens is 2. The van der Waals surface area contributed by atoms with Crippen LogP contribution in [0.2, 0.25) is 0 Å². The van der Waals surface area contributed by atoms with Crippen LogP contribution in [0.4, 0.5) is 10.2 Å². The van der Waals surface area contributed by atoms with Crippen LogP contribution >= 0.6 is 15.9 Å². The minimum atomic E-state index is -0.386. The number of anilines is 1. The number of hydrogen-bond acceptors (Lipinski definition) is 3. The first-order valence-electron chi connectivity index (χ1n) is 7.48. The lowest BCUT2D eigenvalue weighted by molar-refractivity contribution is 0.102. The third kappa shape index (κ3) is 4.24. The highest BCUT2D eigenvalue weighted by molar-refractivity contribution is 9.10. The van der Waals surface area contributed by atoms with Crippen molar-refractivity contribution in [3.05, 3.63) is 76.1 Å². The Kier molecular flexibility index (Phi) is 5.14. The molecule has 2 aromatic carbocycles. The summed E-state index contributed by atoms with van der Waals surface area (Å²) < 4.78 is 20.5. The van der Waals surface area contributed by atoms with Gasteiger partial charge in [0, 0.05) is 11.6 Å². The largest absolute Gasteiger partial charge is 0.497 e. The summed E-state index contributed by atoms with van der Waals surface area (Å²) in [4.78, 5) is 12.2. The van der Waals surface area contributed by atoms with Gasteiger partial charge in [-0.05, 0) is 57.9 Å². The van der Waals surface area contributed by atoms with E-state index < -0.39 is 0 Å². The number of carbonyl (C=O) groups excluding carboxylic acids is 1. The highest BCUT2D eigenvalue weighted by atomic mass is 79.9. The maximum absolute atomic E-state index is 12.9. The van der Waals surface area contributed by atoms with Gasteiger partial charge in [-0.2, -0.15) is 5.10 Å². The van der Waals surface area contributed by atoms with Crippen molar-refractivity contribution < 1.29 is 13.9 Å². The van der Waals surface area contributed by atoms with Gasteiger partial charge in [-0.3, -0.25) is 9.48 Å². The van der Waals surface area contributed by atoms with E-state index in [0.29, 0.717) is 17.9 Å². The standard InChI is InChI=1S/C18H15BrFN3O2/c1-25-15-8-2-12(3-9-15)11-23-16(19)10-17(22-23)21-18(24)13-4-6-14(20)7-5-13/h2-10H,11H2,1H3,(H,21,22,24). The predicted octanol–water partition coefficient (Wildman–Crippen LogP) is 4.09. The summed E-state index contributed by atoms with van der Waals surface area (Å²) in [6.07, 6.45) is 0.